The van der Waals surface area contributed by atoms with Crippen molar-refractivity contribution in [3.63, 3.8) is 0 Å². The second-order valence-corrected chi connectivity index (χ2v) is 33.6. The Hall–Kier alpha value is -13.5. The Morgan fingerprint density at radius 2 is 1.04 bits per heavy atom. The number of carbonyl (C=O) groups is 17. The Kier molecular flexibility index (Phi) is 37.7. The van der Waals surface area contributed by atoms with Gasteiger partial charge in [0.25, 0.3) is 12.9 Å². The number of thioether (sulfide) groups is 1. The van der Waals surface area contributed by atoms with E-state index in [-0.39, 0.29) is 88.7 Å². The molecule has 1 aromatic heterocycles. The van der Waals surface area contributed by atoms with Crippen LogP contribution in [0.5, 0.6) is 5.75 Å². The Bertz CT molecular complexity index is 5060. The van der Waals surface area contributed by atoms with Crippen LogP contribution in [0.1, 0.15) is 100.0 Å². The maximum Gasteiger partial charge on any atom is 0.293 e. The van der Waals surface area contributed by atoms with Crippen LogP contribution < -0.4 is 53.6 Å². The van der Waals surface area contributed by atoms with Crippen LogP contribution in [-0.4, -0.2) is 292 Å². The van der Waals surface area contributed by atoms with E-state index in [1.165, 1.54) is 50.3 Å². The van der Waals surface area contributed by atoms with Gasteiger partial charge >= 0.3 is 0 Å². The van der Waals surface area contributed by atoms with Crippen molar-refractivity contribution in [2.75, 3.05) is 72.1 Å². The number of H-pyrrole nitrogens is 1. The third-order valence-electron chi connectivity index (χ3n) is 23.0. The van der Waals surface area contributed by atoms with Crippen molar-refractivity contribution in [1.82, 2.24) is 77.3 Å². The molecule has 0 radical (unpaired) electrons. The lowest BCUT2D eigenvalue weighted by atomic mass is 9.98. The van der Waals surface area contributed by atoms with Crippen LogP contribution in [0.4, 0.5) is 13.2 Å². The first kappa shape index (κ1) is 101. The number of nitrogens with zero attached hydrogens (tertiary/aromatic N) is 5. The summed E-state index contributed by atoms with van der Waals surface area (Å²) in [6.45, 7) is 1.40. The molecular weight excluding hydrogens is 1730 g/mol. The minimum Gasteiger partial charge on any atom is -0.508 e. The highest BCUT2D eigenvalue weighted by molar-refractivity contribution is 8.00. The summed E-state index contributed by atoms with van der Waals surface area (Å²) in [6.07, 6.45) is -0.0611. The van der Waals surface area contributed by atoms with E-state index in [2.05, 4.69) is 52.8 Å². The highest BCUT2D eigenvalue weighted by Gasteiger charge is 2.46. The number of halogens is 3. The van der Waals surface area contributed by atoms with Crippen molar-refractivity contribution in [3.8, 4) is 5.75 Å². The third-order valence-corrected chi connectivity index (χ3v) is 24.0. The standard InChI is InChI=1S/C90H111F3N16O21S/c1-7-8-25-71-89(127)109-34-18-27-70(109)84(122)101-66(45-129-49-111)82(120)104-77(51(2)3)90(128)106(5)72(40-52-19-11-9-12-20-52)85(123)102-67(46-130-50-112)87(125)108-33-17-26-69(108)83(121)100-64(42-56-43-95-61-24-16-15-23-58(56)61)81(119)99-63(38-54-28-30-57(113)31-29-54)80(118)98-62(32-35-110)79(117)103-68(78(116)96-44-74(94)114)47-131-48-75(115)97-65(39-55-36-59(91)76(93)60(92)37-55)86(124)107(6)73(88(126)105(71)4)41-53-21-13-10-14-22-53/h9-16,19-24,28-31,36-37,43,49-51,62-73,77,95,110,113H,7-8,17-18,25-27,32-35,38-42,44-48H2,1-6H3,(H2,94,114)(H,96,116)(H,97,115)(H,98,118)(H,99,119)(H,100,121)(H,101,122)(H,102,123)(H,103,117)(H,104,120)/t62-,63-,64-,65-,66-,67-,68-,69+,70+,71-,72-,73-,77-/m0/s1. The second-order valence-electron chi connectivity index (χ2n) is 32.6. The molecule has 13 atom stereocenters. The molecule has 15 amide bonds. The molecule has 0 bridgehead atoms. The molecule has 4 heterocycles. The van der Waals surface area contributed by atoms with Gasteiger partial charge in [0.1, 0.15) is 97.5 Å². The summed E-state index contributed by atoms with van der Waals surface area (Å²) >= 11 is 0.626. The molecule has 0 spiro atoms. The second kappa shape index (κ2) is 48.8. The number of aromatic nitrogens is 1. The highest BCUT2D eigenvalue weighted by Crippen LogP contribution is 2.28. The number of rotatable bonds is 25. The lowest BCUT2D eigenvalue weighted by Gasteiger charge is -2.38. The minimum atomic E-state index is -1.88. The van der Waals surface area contributed by atoms with Gasteiger partial charge in [0.2, 0.25) is 88.6 Å². The molecule has 131 heavy (non-hydrogen) atoms. The van der Waals surface area contributed by atoms with Gasteiger partial charge < -0.3 is 103 Å². The first-order valence-corrected chi connectivity index (χ1v) is 44.0. The summed E-state index contributed by atoms with van der Waals surface area (Å²) < 4.78 is 55.2. The smallest absolute Gasteiger partial charge is 0.293 e. The number of hydrogen-bond acceptors (Lipinski definition) is 22. The summed E-state index contributed by atoms with van der Waals surface area (Å²) in [6, 6.07) is 8.61. The van der Waals surface area contributed by atoms with Crippen molar-refractivity contribution in [1.29, 1.82) is 0 Å². The third kappa shape index (κ3) is 27.8. The van der Waals surface area contributed by atoms with Gasteiger partial charge in [-0.25, -0.2) is 13.2 Å². The van der Waals surface area contributed by atoms with Crippen molar-refractivity contribution in [3.05, 3.63) is 173 Å². The van der Waals surface area contributed by atoms with Crippen LogP contribution in [0.3, 0.4) is 0 Å². The number of fused-ring (bicyclic) bond motifs is 3. The molecule has 14 N–H and O–H groups in total. The Morgan fingerprint density at radius 3 is 1.63 bits per heavy atom. The number of phenols is 1. The highest BCUT2D eigenvalue weighted by atomic mass is 32.2. The lowest BCUT2D eigenvalue weighted by molar-refractivity contribution is -0.152. The number of carbonyl (C=O) groups excluding carboxylic acids is 17. The fourth-order valence-electron chi connectivity index (χ4n) is 15.9. The van der Waals surface area contributed by atoms with Gasteiger partial charge in [-0.2, -0.15) is 0 Å². The van der Waals surface area contributed by atoms with Gasteiger partial charge in [0, 0.05) is 95.8 Å². The number of benzene rings is 5. The van der Waals surface area contributed by atoms with Gasteiger partial charge in [0.15, 0.2) is 17.5 Å². The number of aromatic amines is 1. The van der Waals surface area contributed by atoms with Crippen LogP contribution in [-0.2, 0) is 123 Å². The Labute approximate surface area is 757 Å². The number of ether oxygens (including phenoxy) is 2. The Morgan fingerprint density at radius 1 is 0.534 bits per heavy atom. The van der Waals surface area contributed by atoms with Crippen molar-refractivity contribution in [2.24, 2.45) is 11.7 Å². The van der Waals surface area contributed by atoms with Gasteiger partial charge in [-0.15, -0.1) is 11.8 Å². The number of nitrogens with two attached hydrogens (primary N) is 1. The van der Waals surface area contributed by atoms with E-state index in [9.17, 15) is 53.0 Å². The normalized spacial score (nSPS) is 23.6. The van der Waals surface area contributed by atoms with Gasteiger partial charge in [0.05, 0.1) is 12.3 Å². The van der Waals surface area contributed by atoms with E-state index in [0.29, 0.717) is 69.9 Å². The summed E-state index contributed by atoms with van der Waals surface area (Å²) in [4.78, 5) is 256. The van der Waals surface area contributed by atoms with Crippen molar-refractivity contribution >= 4 is 124 Å². The number of likely N-dealkylation sites (N-methyl/N-ethyl adjacent to an activating group) is 3. The number of aliphatic hydroxyl groups is 1. The van der Waals surface area contributed by atoms with E-state index >= 15 is 51.9 Å². The lowest BCUT2D eigenvalue weighted by Crippen LogP contribution is -2.62. The number of nitrogens with one attached hydrogen (secondary N) is 10. The quantitative estimate of drug-likeness (QED) is 0.0266. The molecule has 3 fully saturated rings. The summed E-state index contributed by atoms with van der Waals surface area (Å²) in [7, 11) is 3.73. The zero-order valence-corrected chi connectivity index (χ0v) is 74.0. The molecule has 6 aromatic rings. The number of para-hydroxylation sites is 1. The maximum atomic E-state index is 15.7. The molecule has 5 aromatic carbocycles. The number of unbranched alkanes of at least 4 members (excludes halogenated alkanes) is 1. The number of hydrogen-bond donors (Lipinski definition) is 13. The number of amides is 15. The molecule has 9 rings (SSSR count). The van der Waals surface area contributed by atoms with Crippen molar-refractivity contribution < 1.29 is 114 Å². The first-order chi connectivity index (χ1) is 62.6. The average molecular weight is 1840 g/mol. The zero-order chi connectivity index (χ0) is 95.3. The Balaban J connectivity index is 1.12. The average Bonchev–Trinajstić information content (AvgIpc) is 1.00. The number of phenolic OH excluding ortho intramolecular Hbond substituents is 1. The fraction of sp³-hybridized carbons (Fsp3) is 0.456. The molecule has 3 saturated heterocycles. The molecular formula is C90H111F3N16O21S. The molecule has 3 aliphatic heterocycles. The fourth-order valence-corrected chi connectivity index (χ4v) is 16.7. The molecule has 0 unspecified atom stereocenters. The molecule has 0 saturated carbocycles. The van der Waals surface area contributed by atoms with E-state index in [1.54, 1.807) is 105 Å². The summed E-state index contributed by atoms with van der Waals surface area (Å²) in [5, 5.41) is 44.5. The van der Waals surface area contributed by atoms with Gasteiger partial charge in [-0.05, 0) is 103 Å². The predicted octanol–water partition coefficient (Wildman–Crippen LogP) is 0.0684. The van der Waals surface area contributed by atoms with Crippen LogP contribution in [0.15, 0.2) is 128 Å². The van der Waals surface area contributed by atoms with Crippen molar-refractivity contribution in [2.45, 2.75) is 183 Å². The van der Waals surface area contributed by atoms with Gasteiger partial charge in [-0.1, -0.05) is 125 Å². The van der Waals surface area contributed by atoms with E-state index < -0.39 is 248 Å². The monoisotopic (exact) mass is 1840 g/mol. The van der Waals surface area contributed by atoms with Crippen LogP contribution >= 0.6 is 11.8 Å². The molecule has 704 valence electrons. The number of aromatic hydroxyl groups is 1. The summed E-state index contributed by atoms with van der Waals surface area (Å²) in [5.41, 5.74) is 7.33. The molecule has 3 aliphatic rings. The molecule has 0 aliphatic carbocycles. The number of primary amides is 1. The van der Waals surface area contributed by atoms with E-state index in [0.717, 1.165) is 19.6 Å². The van der Waals surface area contributed by atoms with Crippen LogP contribution in [0.25, 0.3) is 10.9 Å². The van der Waals surface area contributed by atoms with E-state index in [4.69, 9.17) is 15.2 Å². The number of aliphatic hydroxyl groups excluding tert-OH is 1. The molecule has 41 heteroatoms. The van der Waals surface area contributed by atoms with Gasteiger partial charge in [-0.3, -0.25) is 81.5 Å². The largest absolute Gasteiger partial charge is 0.508 e. The zero-order valence-electron chi connectivity index (χ0n) is 73.2. The maximum absolute atomic E-state index is 15.7. The van der Waals surface area contributed by atoms with Crippen LogP contribution in [0, 0.1) is 23.4 Å². The molecule has 37 nitrogen and oxygen atoms in total. The first-order valence-electron chi connectivity index (χ1n) is 42.9. The topological polar surface area (TPSA) is 515 Å². The van der Waals surface area contributed by atoms with Crippen LogP contribution in [0.2, 0.25) is 0 Å². The predicted molar refractivity (Wildman–Crippen MR) is 468 cm³/mol. The summed E-state index contributed by atoms with van der Waals surface area (Å²) in [5.74, 6) is -22.6. The minimum absolute atomic E-state index is 0.00120. The SMILES string of the molecule is CCCC[C@H]1C(=O)N2CCC[C@@H]2C(=O)N[C@@H](COC=O)C(=O)N[C@@H](C(C)C)C(=O)N(C)[C@@H](Cc2ccccc2)C(=O)N[C@@H](COC=O)C(=O)N2CCC[C@@H]2C(=O)N[C@@H](Cc2c[nH]c3ccccc23)C(=O)N[C@@H](Cc2ccc(O)cc2)C(=O)N[C@@H](CCO)C(=O)N[C@H](C(=O)NCC(N)=O)CSCC(=O)N[C@@H](Cc2cc(F)c(F)c(F)c2)C(=O)N(C)[C@@H](Cc2ccccc2)C(=O)N1C. The van der Waals surface area contributed by atoms with E-state index in [1.807, 2.05) is 6.92 Å².